The Hall–Kier alpha value is -2.36. The molecule has 0 bridgehead atoms. The molecule has 21 heavy (non-hydrogen) atoms. The fourth-order valence-corrected chi connectivity index (χ4v) is 2.64. The number of hydrogen-bond donors (Lipinski definition) is 1. The Kier molecular flexibility index (Phi) is 3.37. The number of nitrogen functional groups attached to an aromatic ring is 1. The van der Waals surface area contributed by atoms with Gasteiger partial charge in [-0.3, -0.25) is 0 Å². The second-order valence-electron chi connectivity index (χ2n) is 5.54. The largest absolute Gasteiger partial charge is 0.399 e. The van der Waals surface area contributed by atoms with Gasteiger partial charge in [-0.25, -0.2) is 9.37 Å². The van der Waals surface area contributed by atoms with Crippen molar-refractivity contribution in [3.8, 4) is 0 Å². The number of imidazole rings is 1. The van der Waals surface area contributed by atoms with Crippen LogP contribution in [0.4, 0.5) is 10.1 Å². The molecule has 1 heterocycles. The molecule has 2 aromatic carbocycles. The first-order chi connectivity index (χ1) is 10.0. The molecule has 0 spiro atoms. The van der Waals surface area contributed by atoms with Gasteiger partial charge in [-0.1, -0.05) is 12.1 Å². The number of anilines is 1. The first kappa shape index (κ1) is 13.6. The zero-order valence-corrected chi connectivity index (χ0v) is 12.2. The lowest BCUT2D eigenvalue weighted by Crippen LogP contribution is -2.07. The lowest BCUT2D eigenvalue weighted by Gasteiger charge is -2.13. The lowest BCUT2D eigenvalue weighted by molar-refractivity contribution is 0.591. The molecule has 0 atom stereocenters. The van der Waals surface area contributed by atoms with E-state index in [0.717, 1.165) is 22.6 Å². The summed E-state index contributed by atoms with van der Waals surface area (Å²) in [5.74, 6) is 0.685. The summed E-state index contributed by atoms with van der Waals surface area (Å²) in [6, 6.07) is 12.8. The Bertz CT molecular complexity index is 773. The number of benzene rings is 2. The van der Waals surface area contributed by atoms with Crippen molar-refractivity contribution < 1.29 is 4.39 Å². The third-order valence-corrected chi connectivity index (χ3v) is 3.58. The van der Waals surface area contributed by atoms with Crippen LogP contribution in [0.5, 0.6) is 0 Å². The van der Waals surface area contributed by atoms with Gasteiger partial charge in [-0.05, 0) is 43.7 Å². The zero-order chi connectivity index (χ0) is 15.0. The summed E-state index contributed by atoms with van der Waals surface area (Å²) < 4.78 is 15.5. The van der Waals surface area contributed by atoms with Crippen molar-refractivity contribution in [1.82, 2.24) is 9.55 Å². The average molecular weight is 283 g/mol. The number of nitrogens with zero attached hydrogens (tertiary/aromatic N) is 2. The van der Waals surface area contributed by atoms with E-state index in [0.29, 0.717) is 11.9 Å². The summed E-state index contributed by atoms with van der Waals surface area (Å²) in [5.41, 5.74) is 9.27. The van der Waals surface area contributed by atoms with Gasteiger partial charge in [0.15, 0.2) is 0 Å². The molecule has 0 aliphatic rings. The Balaban J connectivity index is 2.08. The van der Waals surface area contributed by atoms with Crippen molar-refractivity contribution >= 4 is 16.7 Å². The van der Waals surface area contributed by atoms with Crippen molar-refractivity contribution in [2.75, 3.05) is 5.73 Å². The van der Waals surface area contributed by atoms with Gasteiger partial charge in [0.05, 0.1) is 11.0 Å². The van der Waals surface area contributed by atoms with Crippen molar-refractivity contribution in [1.29, 1.82) is 0 Å². The molecule has 0 unspecified atom stereocenters. The molecule has 3 aromatic rings. The van der Waals surface area contributed by atoms with Crippen LogP contribution in [0.15, 0.2) is 42.5 Å². The van der Waals surface area contributed by atoms with Crippen LogP contribution in [0.2, 0.25) is 0 Å². The first-order valence-electron chi connectivity index (χ1n) is 7.05. The van der Waals surface area contributed by atoms with E-state index in [-0.39, 0.29) is 11.9 Å². The van der Waals surface area contributed by atoms with Gasteiger partial charge in [0, 0.05) is 24.2 Å². The van der Waals surface area contributed by atoms with Crippen LogP contribution in [-0.4, -0.2) is 9.55 Å². The predicted molar refractivity (Wildman–Crippen MR) is 83.7 cm³/mol. The fourth-order valence-electron chi connectivity index (χ4n) is 2.64. The SMILES string of the molecule is CC(C)n1c(Cc2ccc(N)cc2)nc2cc(F)ccc21. The molecule has 0 amide bonds. The van der Waals surface area contributed by atoms with Gasteiger partial charge >= 0.3 is 0 Å². The number of halogens is 1. The van der Waals surface area contributed by atoms with Crippen molar-refractivity contribution in [3.63, 3.8) is 0 Å². The molecule has 4 heteroatoms. The molecule has 2 N–H and O–H groups in total. The smallest absolute Gasteiger partial charge is 0.125 e. The maximum absolute atomic E-state index is 13.4. The molecule has 108 valence electrons. The van der Waals surface area contributed by atoms with E-state index in [9.17, 15) is 4.39 Å². The quantitative estimate of drug-likeness (QED) is 0.740. The molecule has 0 saturated heterocycles. The van der Waals surface area contributed by atoms with Crippen LogP contribution < -0.4 is 5.73 Å². The van der Waals surface area contributed by atoms with E-state index < -0.39 is 0 Å². The minimum Gasteiger partial charge on any atom is -0.399 e. The number of hydrogen-bond acceptors (Lipinski definition) is 2. The molecule has 0 aliphatic heterocycles. The van der Waals surface area contributed by atoms with Crippen LogP contribution in [0, 0.1) is 5.82 Å². The summed E-state index contributed by atoms with van der Waals surface area (Å²) in [5, 5.41) is 0. The highest BCUT2D eigenvalue weighted by Gasteiger charge is 2.14. The molecule has 0 saturated carbocycles. The molecule has 0 fully saturated rings. The number of fused-ring (bicyclic) bond motifs is 1. The third kappa shape index (κ3) is 2.61. The molecular weight excluding hydrogens is 265 g/mol. The van der Waals surface area contributed by atoms with Crippen molar-refractivity contribution in [2.45, 2.75) is 26.3 Å². The third-order valence-electron chi connectivity index (χ3n) is 3.58. The Labute approximate surface area is 123 Å². The van der Waals surface area contributed by atoms with Crippen molar-refractivity contribution in [3.05, 3.63) is 59.7 Å². The van der Waals surface area contributed by atoms with Crippen LogP contribution in [0.1, 0.15) is 31.3 Å². The Morgan fingerprint density at radius 2 is 1.86 bits per heavy atom. The molecule has 0 radical (unpaired) electrons. The fraction of sp³-hybridized carbons (Fsp3) is 0.235. The monoisotopic (exact) mass is 283 g/mol. The molecule has 0 aliphatic carbocycles. The number of aromatic nitrogens is 2. The summed E-state index contributed by atoms with van der Waals surface area (Å²) in [6.45, 7) is 4.22. The Morgan fingerprint density at radius 3 is 2.52 bits per heavy atom. The minimum atomic E-state index is -0.255. The van der Waals surface area contributed by atoms with Crippen LogP contribution in [0.3, 0.4) is 0 Å². The van der Waals surface area contributed by atoms with Gasteiger partial charge in [-0.15, -0.1) is 0 Å². The first-order valence-corrected chi connectivity index (χ1v) is 7.05. The average Bonchev–Trinajstić information content (AvgIpc) is 2.78. The van der Waals surface area contributed by atoms with Crippen LogP contribution in [-0.2, 0) is 6.42 Å². The summed E-state index contributed by atoms with van der Waals surface area (Å²) in [4.78, 5) is 4.60. The highest BCUT2D eigenvalue weighted by molar-refractivity contribution is 5.76. The van der Waals surface area contributed by atoms with Gasteiger partial charge in [-0.2, -0.15) is 0 Å². The molecular formula is C17H18FN3. The summed E-state index contributed by atoms with van der Waals surface area (Å²) in [6.07, 6.45) is 0.703. The van der Waals surface area contributed by atoms with E-state index in [1.54, 1.807) is 6.07 Å². The van der Waals surface area contributed by atoms with Gasteiger partial charge in [0.25, 0.3) is 0 Å². The van der Waals surface area contributed by atoms with E-state index in [4.69, 9.17) is 5.73 Å². The summed E-state index contributed by atoms with van der Waals surface area (Å²) >= 11 is 0. The predicted octanol–water partition coefficient (Wildman–Crippen LogP) is 3.93. The summed E-state index contributed by atoms with van der Waals surface area (Å²) in [7, 11) is 0. The van der Waals surface area contributed by atoms with Crippen molar-refractivity contribution in [2.24, 2.45) is 0 Å². The highest BCUT2D eigenvalue weighted by atomic mass is 19.1. The normalized spacial score (nSPS) is 11.4. The second-order valence-corrected chi connectivity index (χ2v) is 5.54. The van der Waals surface area contributed by atoms with Crippen LogP contribution >= 0.6 is 0 Å². The lowest BCUT2D eigenvalue weighted by atomic mass is 10.1. The molecule has 3 rings (SSSR count). The maximum atomic E-state index is 13.4. The topological polar surface area (TPSA) is 43.8 Å². The van der Waals surface area contributed by atoms with E-state index >= 15 is 0 Å². The molecule has 3 nitrogen and oxygen atoms in total. The van der Waals surface area contributed by atoms with E-state index in [1.165, 1.54) is 12.1 Å². The van der Waals surface area contributed by atoms with Gasteiger partial charge in [0.1, 0.15) is 11.6 Å². The second kappa shape index (κ2) is 5.20. The standard InChI is InChI=1S/C17H18FN3/c1-11(2)21-16-8-5-13(18)10-15(16)20-17(21)9-12-3-6-14(19)7-4-12/h3-8,10-11H,9,19H2,1-2H3. The van der Waals surface area contributed by atoms with E-state index in [2.05, 4.69) is 23.4 Å². The van der Waals surface area contributed by atoms with Gasteiger partial charge < -0.3 is 10.3 Å². The minimum absolute atomic E-state index is 0.255. The molecule has 1 aromatic heterocycles. The maximum Gasteiger partial charge on any atom is 0.125 e. The highest BCUT2D eigenvalue weighted by Crippen LogP contribution is 2.23. The van der Waals surface area contributed by atoms with Crippen LogP contribution in [0.25, 0.3) is 11.0 Å². The number of nitrogens with two attached hydrogens (primary N) is 1. The zero-order valence-electron chi connectivity index (χ0n) is 12.2. The number of rotatable bonds is 3. The van der Waals surface area contributed by atoms with E-state index in [1.807, 2.05) is 24.3 Å². The Morgan fingerprint density at radius 1 is 1.14 bits per heavy atom. The van der Waals surface area contributed by atoms with Gasteiger partial charge in [0.2, 0.25) is 0 Å².